The van der Waals surface area contributed by atoms with E-state index in [1.54, 1.807) is 0 Å². The van der Waals surface area contributed by atoms with Gasteiger partial charge in [-0.3, -0.25) is 10.1 Å². The highest BCUT2D eigenvalue weighted by Crippen LogP contribution is 2.25. The number of ether oxygens (including phenoxy) is 1. The summed E-state index contributed by atoms with van der Waals surface area (Å²) in [4.78, 5) is 32.5. The highest BCUT2D eigenvalue weighted by atomic mass is 32.1. The number of nitrogens with zero attached hydrogens (tertiary/aromatic N) is 2. The van der Waals surface area contributed by atoms with Crippen molar-refractivity contribution in [3.8, 4) is 5.88 Å². The Morgan fingerprint density at radius 1 is 1.26 bits per heavy atom. The van der Waals surface area contributed by atoms with E-state index in [9.17, 15) is 9.59 Å². The number of urea groups is 1. The third-order valence-corrected chi connectivity index (χ3v) is 4.58. The number of aromatic nitrogens is 2. The molecule has 0 unspecified atom stereocenters. The first kappa shape index (κ1) is 15.7. The van der Waals surface area contributed by atoms with Gasteiger partial charge in [0.25, 0.3) is 5.91 Å². The van der Waals surface area contributed by atoms with E-state index in [0.717, 1.165) is 35.9 Å². The Bertz CT molecular complexity index is 697. The fraction of sp³-hybridized carbons (Fsp3) is 0.467. The van der Waals surface area contributed by atoms with Crippen molar-refractivity contribution >= 4 is 33.5 Å². The van der Waals surface area contributed by atoms with Crippen LogP contribution < -0.4 is 15.4 Å². The van der Waals surface area contributed by atoms with E-state index in [0.29, 0.717) is 5.88 Å². The molecule has 0 aromatic carbocycles. The lowest BCUT2D eigenvalue weighted by molar-refractivity contribution is -0.122. The smallest absolute Gasteiger partial charge is 0.321 e. The molecule has 3 rings (SSSR count). The first-order valence-electron chi connectivity index (χ1n) is 7.64. The lowest BCUT2D eigenvalue weighted by Gasteiger charge is -2.22. The van der Waals surface area contributed by atoms with Gasteiger partial charge in [-0.05, 0) is 24.3 Å². The predicted octanol–water partition coefficient (Wildman–Crippen LogP) is 2.23. The van der Waals surface area contributed by atoms with E-state index >= 15 is 0 Å². The van der Waals surface area contributed by atoms with Gasteiger partial charge in [-0.1, -0.05) is 19.3 Å². The molecular weight excluding hydrogens is 316 g/mol. The monoisotopic (exact) mass is 334 g/mol. The van der Waals surface area contributed by atoms with Crippen LogP contribution in [0.5, 0.6) is 5.88 Å². The van der Waals surface area contributed by atoms with Gasteiger partial charge in [0.2, 0.25) is 5.88 Å². The number of thiophene rings is 1. The largest absolute Gasteiger partial charge is 0.467 e. The number of rotatable bonds is 4. The summed E-state index contributed by atoms with van der Waals surface area (Å²) < 4.78 is 5.39. The average Bonchev–Trinajstić information content (AvgIpc) is 3.03. The molecule has 2 heterocycles. The Morgan fingerprint density at radius 2 is 2.09 bits per heavy atom. The molecule has 2 aromatic rings. The van der Waals surface area contributed by atoms with Crippen molar-refractivity contribution in [3.05, 3.63) is 17.8 Å². The van der Waals surface area contributed by atoms with E-state index in [1.165, 1.54) is 24.1 Å². The third-order valence-electron chi connectivity index (χ3n) is 3.76. The number of carbonyl (C=O) groups is 2. The van der Waals surface area contributed by atoms with Crippen molar-refractivity contribution in [2.45, 2.75) is 38.1 Å². The summed E-state index contributed by atoms with van der Waals surface area (Å²) in [6.07, 6.45) is 6.77. The average molecular weight is 334 g/mol. The van der Waals surface area contributed by atoms with Crippen molar-refractivity contribution in [3.63, 3.8) is 0 Å². The topological polar surface area (TPSA) is 93.2 Å². The molecule has 0 radical (unpaired) electrons. The minimum absolute atomic E-state index is 0.157. The molecule has 7 nitrogen and oxygen atoms in total. The molecule has 1 fully saturated rings. The second kappa shape index (κ2) is 7.36. The molecule has 2 N–H and O–H groups in total. The van der Waals surface area contributed by atoms with Gasteiger partial charge in [-0.2, -0.15) is 0 Å². The maximum absolute atomic E-state index is 11.8. The molecule has 8 heteroatoms. The summed E-state index contributed by atoms with van der Waals surface area (Å²) in [7, 11) is 0. The van der Waals surface area contributed by atoms with Crippen molar-refractivity contribution in [1.82, 2.24) is 20.6 Å². The Hall–Kier alpha value is -2.22. The van der Waals surface area contributed by atoms with Crippen molar-refractivity contribution in [2.24, 2.45) is 0 Å². The van der Waals surface area contributed by atoms with Crippen LogP contribution in [0.4, 0.5) is 4.79 Å². The molecule has 2 aromatic heterocycles. The van der Waals surface area contributed by atoms with Crippen LogP contribution in [0, 0.1) is 0 Å². The fourth-order valence-corrected chi connectivity index (χ4v) is 3.37. The Labute approximate surface area is 137 Å². The predicted molar refractivity (Wildman–Crippen MR) is 86.5 cm³/mol. The fourth-order valence-electron chi connectivity index (χ4n) is 2.65. The molecule has 23 heavy (non-hydrogen) atoms. The lowest BCUT2D eigenvalue weighted by atomic mass is 9.96. The maximum Gasteiger partial charge on any atom is 0.321 e. The molecule has 0 aliphatic heterocycles. The second-order valence-corrected chi connectivity index (χ2v) is 6.36. The van der Waals surface area contributed by atoms with Gasteiger partial charge in [0.1, 0.15) is 11.2 Å². The highest BCUT2D eigenvalue weighted by molar-refractivity contribution is 7.16. The van der Waals surface area contributed by atoms with E-state index in [2.05, 4.69) is 20.6 Å². The molecule has 0 atom stereocenters. The number of hydrogen-bond acceptors (Lipinski definition) is 6. The Morgan fingerprint density at radius 3 is 2.91 bits per heavy atom. The van der Waals surface area contributed by atoms with Crippen LogP contribution >= 0.6 is 11.3 Å². The molecule has 1 saturated carbocycles. The minimum atomic E-state index is -0.500. The SMILES string of the molecule is O=C(COc1ncnc2sccc12)NC(=O)NC1CCCCC1. The van der Waals surface area contributed by atoms with E-state index < -0.39 is 11.9 Å². The van der Waals surface area contributed by atoms with Crippen molar-refractivity contribution in [2.75, 3.05) is 6.61 Å². The van der Waals surface area contributed by atoms with E-state index in [4.69, 9.17) is 4.74 Å². The summed E-state index contributed by atoms with van der Waals surface area (Å²) in [6, 6.07) is 1.53. The standard InChI is InChI=1S/C15H18N4O3S/c20-12(19-15(21)18-10-4-2-1-3-5-10)8-22-13-11-6-7-23-14(11)17-9-16-13/h6-7,9-10H,1-5,8H2,(H2,18,19,20,21). The molecule has 0 bridgehead atoms. The van der Waals surface area contributed by atoms with Gasteiger partial charge in [-0.15, -0.1) is 11.3 Å². The zero-order valence-electron chi connectivity index (χ0n) is 12.6. The summed E-state index contributed by atoms with van der Waals surface area (Å²) in [5.41, 5.74) is 0. The summed E-state index contributed by atoms with van der Waals surface area (Å²) in [5.74, 6) is -0.153. The van der Waals surface area contributed by atoms with Crippen LogP contribution in [0.2, 0.25) is 0 Å². The number of imide groups is 1. The van der Waals surface area contributed by atoms with Crippen LogP contribution in [0.3, 0.4) is 0 Å². The first-order valence-corrected chi connectivity index (χ1v) is 8.51. The van der Waals surface area contributed by atoms with Gasteiger partial charge < -0.3 is 10.1 Å². The van der Waals surface area contributed by atoms with Crippen LogP contribution in [0.1, 0.15) is 32.1 Å². The second-order valence-electron chi connectivity index (χ2n) is 5.46. The normalized spacial score (nSPS) is 15.3. The number of carbonyl (C=O) groups excluding carboxylic acids is 2. The molecule has 1 aliphatic carbocycles. The number of hydrogen-bond donors (Lipinski definition) is 2. The van der Waals surface area contributed by atoms with Crippen LogP contribution in [-0.4, -0.2) is 34.6 Å². The number of amides is 3. The van der Waals surface area contributed by atoms with Gasteiger partial charge >= 0.3 is 6.03 Å². The quantitative estimate of drug-likeness (QED) is 0.894. The van der Waals surface area contributed by atoms with Gasteiger partial charge in [0.05, 0.1) is 5.39 Å². The maximum atomic E-state index is 11.8. The van der Waals surface area contributed by atoms with Crippen molar-refractivity contribution < 1.29 is 14.3 Å². The summed E-state index contributed by atoms with van der Waals surface area (Å²) in [5, 5.41) is 7.75. The van der Waals surface area contributed by atoms with Gasteiger partial charge in [0, 0.05) is 6.04 Å². The number of fused-ring (bicyclic) bond motifs is 1. The summed E-state index contributed by atoms with van der Waals surface area (Å²) in [6.45, 7) is -0.264. The van der Waals surface area contributed by atoms with E-state index in [1.807, 2.05) is 11.4 Å². The first-order chi connectivity index (χ1) is 11.2. The zero-order chi connectivity index (χ0) is 16.1. The highest BCUT2D eigenvalue weighted by Gasteiger charge is 2.17. The van der Waals surface area contributed by atoms with Crippen LogP contribution in [0.15, 0.2) is 17.8 Å². The van der Waals surface area contributed by atoms with Crippen LogP contribution in [-0.2, 0) is 4.79 Å². The zero-order valence-corrected chi connectivity index (χ0v) is 13.4. The summed E-state index contributed by atoms with van der Waals surface area (Å²) >= 11 is 1.47. The Balaban J connectivity index is 1.47. The molecule has 3 amide bonds. The van der Waals surface area contributed by atoms with Crippen molar-refractivity contribution in [1.29, 1.82) is 0 Å². The van der Waals surface area contributed by atoms with Gasteiger partial charge in [-0.25, -0.2) is 14.8 Å². The molecule has 0 spiro atoms. The molecule has 0 saturated heterocycles. The van der Waals surface area contributed by atoms with Crippen LogP contribution in [0.25, 0.3) is 10.2 Å². The molecule has 122 valence electrons. The lowest BCUT2D eigenvalue weighted by Crippen LogP contribution is -2.46. The Kier molecular flexibility index (Phi) is 5.02. The molecular formula is C15H18N4O3S. The minimum Gasteiger partial charge on any atom is -0.467 e. The third kappa shape index (κ3) is 4.16. The number of nitrogens with one attached hydrogen (secondary N) is 2. The van der Waals surface area contributed by atoms with Gasteiger partial charge in [0.15, 0.2) is 6.61 Å². The van der Waals surface area contributed by atoms with E-state index in [-0.39, 0.29) is 12.6 Å². The molecule has 1 aliphatic rings.